The molecule has 1 aliphatic carbocycles. The van der Waals surface area contributed by atoms with E-state index in [1.54, 1.807) is 6.92 Å². The summed E-state index contributed by atoms with van der Waals surface area (Å²) < 4.78 is 5.18. The van der Waals surface area contributed by atoms with E-state index in [0.717, 1.165) is 47.9 Å². The SMILES string of the molecule is CCOC(=O)c1c(/N=C2\NC(=O)C(CC(=O)O)S2)sc2c1CCCC2. The minimum Gasteiger partial charge on any atom is -0.481 e. The summed E-state index contributed by atoms with van der Waals surface area (Å²) in [6.07, 6.45) is 3.59. The van der Waals surface area contributed by atoms with Crippen LogP contribution in [0, 0.1) is 0 Å². The van der Waals surface area contributed by atoms with Crippen LogP contribution in [0.2, 0.25) is 0 Å². The second-order valence-electron chi connectivity index (χ2n) is 5.72. The Kier molecular flexibility index (Phi) is 5.43. The lowest BCUT2D eigenvalue weighted by atomic mass is 9.95. The number of hydrogen-bond acceptors (Lipinski definition) is 7. The fourth-order valence-corrected chi connectivity index (χ4v) is 5.16. The maximum atomic E-state index is 12.4. The summed E-state index contributed by atoms with van der Waals surface area (Å²) in [5.41, 5.74) is 1.50. The number of hydrogen-bond donors (Lipinski definition) is 2. The summed E-state index contributed by atoms with van der Waals surface area (Å²) in [4.78, 5) is 40.7. The molecule has 1 aliphatic heterocycles. The third-order valence-electron chi connectivity index (χ3n) is 3.97. The molecule has 0 radical (unpaired) electrons. The number of amides is 1. The van der Waals surface area contributed by atoms with Crippen molar-refractivity contribution in [1.29, 1.82) is 0 Å². The monoisotopic (exact) mass is 382 g/mol. The predicted octanol–water partition coefficient (Wildman–Crippen LogP) is 2.50. The van der Waals surface area contributed by atoms with Gasteiger partial charge in [0.2, 0.25) is 5.91 Å². The number of amidine groups is 1. The van der Waals surface area contributed by atoms with E-state index < -0.39 is 17.2 Å². The normalized spacial score (nSPS) is 21.1. The van der Waals surface area contributed by atoms with Crippen LogP contribution in [-0.2, 0) is 27.2 Å². The molecule has 0 aromatic carbocycles. The van der Waals surface area contributed by atoms with Gasteiger partial charge in [-0.15, -0.1) is 11.3 Å². The predicted molar refractivity (Wildman–Crippen MR) is 95.8 cm³/mol. The molecule has 0 saturated carbocycles. The third-order valence-corrected chi connectivity index (χ3v) is 6.24. The zero-order valence-electron chi connectivity index (χ0n) is 13.7. The molecular weight excluding hydrogens is 364 g/mol. The second kappa shape index (κ2) is 7.57. The molecule has 2 heterocycles. The minimum absolute atomic E-state index is 0.263. The Morgan fingerprint density at radius 2 is 2.12 bits per heavy atom. The lowest BCUT2D eigenvalue weighted by Gasteiger charge is -2.11. The van der Waals surface area contributed by atoms with Gasteiger partial charge in [-0.05, 0) is 38.2 Å². The molecule has 2 aliphatic rings. The highest BCUT2D eigenvalue weighted by Gasteiger charge is 2.33. The average molecular weight is 382 g/mol. The first kappa shape index (κ1) is 17.9. The largest absolute Gasteiger partial charge is 0.481 e. The van der Waals surface area contributed by atoms with Crippen molar-refractivity contribution < 1.29 is 24.2 Å². The molecule has 1 saturated heterocycles. The molecule has 1 fully saturated rings. The zero-order valence-corrected chi connectivity index (χ0v) is 15.3. The third kappa shape index (κ3) is 3.87. The molecule has 1 atom stereocenters. The van der Waals surface area contributed by atoms with Crippen LogP contribution in [0.15, 0.2) is 4.99 Å². The van der Waals surface area contributed by atoms with Crippen molar-refractivity contribution in [3.8, 4) is 0 Å². The molecule has 0 bridgehead atoms. The van der Waals surface area contributed by atoms with Crippen LogP contribution in [0.4, 0.5) is 5.00 Å². The summed E-state index contributed by atoms with van der Waals surface area (Å²) in [5, 5.41) is 11.6. The van der Waals surface area contributed by atoms with Gasteiger partial charge in [-0.2, -0.15) is 0 Å². The van der Waals surface area contributed by atoms with E-state index >= 15 is 0 Å². The van der Waals surface area contributed by atoms with E-state index in [1.165, 1.54) is 11.3 Å². The number of nitrogens with zero attached hydrogens (tertiary/aromatic N) is 1. The van der Waals surface area contributed by atoms with Gasteiger partial charge in [0, 0.05) is 4.88 Å². The summed E-state index contributed by atoms with van der Waals surface area (Å²) in [5.74, 6) is -1.80. The standard InChI is InChI=1S/C16H18N2O5S2/c1-2-23-15(22)12-8-5-3-4-6-9(8)24-14(12)18-16-17-13(21)10(25-16)7-11(19)20/h10H,2-7H2,1H3,(H,19,20)(H,17,18,21). The maximum Gasteiger partial charge on any atom is 0.341 e. The topological polar surface area (TPSA) is 105 Å². The fraction of sp³-hybridized carbons (Fsp3) is 0.500. The van der Waals surface area contributed by atoms with Crippen molar-refractivity contribution in [1.82, 2.24) is 5.32 Å². The van der Waals surface area contributed by atoms with Gasteiger partial charge >= 0.3 is 11.9 Å². The molecule has 25 heavy (non-hydrogen) atoms. The lowest BCUT2D eigenvalue weighted by Crippen LogP contribution is -2.26. The van der Waals surface area contributed by atoms with Crippen LogP contribution in [0.25, 0.3) is 0 Å². The van der Waals surface area contributed by atoms with E-state index in [4.69, 9.17) is 9.84 Å². The Hall–Kier alpha value is -1.87. The second-order valence-corrected chi connectivity index (χ2v) is 8.00. The molecule has 1 unspecified atom stereocenters. The summed E-state index contributed by atoms with van der Waals surface area (Å²) in [6.45, 7) is 2.04. The number of aliphatic carboxylic acids is 1. The highest BCUT2D eigenvalue weighted by atomic mass is 32.2. The summed E-state index contributed by atoms with van der Waals surface area (Å²) in [6, 6.07) is 0. The quantitative estimate of drug-likeness (QED) is 0.758. The molecule has 1 aromatic rings. The number of aryl methyl sites for hydroxylation is 1. The maximum absolute atomic E-state index is 12.4. The molecule has 1 amide bonds. The number of nitrogens with one attached hydrogen (secondary N) is 1. The highest BCUT2D eigenvalue weighted by Crippen LogP contribution is 2.41. The van der Waals surface area contributed by atoms with Crippen LogP contribution in [-0.4, -0.2) is 40.0 Å². The number of carbonyl (C=O) groups excluding carboxylic acids is 2. The van der Waals surface area contributed by atoms with E-state index in [-0.39, 0.29) is 18.9 Å². The van der Waals surface area contributed by atoms with Gasteiger partial charge in [-0.25, -0.2) is 9.79 Å². The Morgan fingerprint density at radius 3 is 2.84 bits per heavy atom. The molecule has 0 spiro atoms. The molecule has 1 aromatic heterocycles. The van der Waals surface area contributed by atoms with Crippen molar-refractivity contribution in [2.45, 2.75) is 44.3 Å². The summed E-state index contributed by atoms with van der Waals surface area (Å²) >= 11 is 2.53. The zero-order chi connectivity index (χ0) is 18.0. The van der Waals surface area contributed by atoms with Crippen LogP contribution >= 0.6 is 23.1 Å². The number of thioether (sulfide) groups is 1. The van der Waals surface area contributed by atoms with Crippen molar-refractivity contribution >= 4 is 51.1 Å². The van der Waals surface area contributed by atoms with Gasteiger partial charge in [0.05, 0.1) is 18.6 Å². The van der Waals surface area contributed by atoms with Crippen LogP contribution in [0.3, 0.4) is 0 Å². The number of ether oxygens (including phenoxy) is 1. The van der Waals surface area contributed by atoms with Gasteiger partial charge in [0.15, 0.2) is 5.17 Å². The van der Waals surface area contributed by atoms with Gasteiger partial charge in [0.25, 0.3) is 0 Å². The Morgan fingerprint density at radius 1 is 1.36 bits per heavy atom. The van der Waals surface area contributed by atoms with Gasteiger partial charge in [-0.3, -0.25) is 9.59 Å². The molecule has 134 valence electrons. The Labute approximate surface area is 152 Å². The van der Waals surface area contributed by atoms with Crippen LogP contribution in [0.1, 0.15) is 47.0 Å². The van der Waals surface area contributed by atoms with Gasteiger partial charge in [-0.1, -0.05) is 11.8 Å². The number of carboxylic acid groups (broad SMARTS) is 1. The van der Waals surface area contributed by atoms with Crippen molar-refractivity contribution in [3.05, 3.63) is 16.0 Å². The van der Waals surface area contributed by atoms with E-state index in [1.807, 2.05) is 0 Å². The van der Waals surface area contributed by atoms with Crippen molar-refractivity contribution in [2.75, 3.05) is 6.61 Å². The Balaban J connectivity index is 1.92. The number of aliphatic imine (C=N–C) groups is 1. The Bertz CT molecular complexity index is 756. The average Bonchev–Trinajstić information content (AvgIpc) is 3.07. The molecule has 3 rings (SSSR count). The highest BCUT2D eigenvalue weighted by molar-refractivity contribution is 8.15. The number of esters is 1. The number of rotatable bonds is 5. The first-order valence-corrected chi connectivity index (χ1v) is 9.78. The molecule has 2 N–H and O–H groups in total. The molecular formula is C16H18N2O5S2. The van der Waals surface area contributed by atoms with Crippen LogP contribution < -0.4 is 5.32 Å². The van der Waals surface area contributed by atoms with E-state index in [9.17, 15) is 14.4 Å². The smallest absolute Gasteiger partial charge is 0.341 e. The molecule has 9 heteroatoms. The van der Waals surface area contributed by atoms with Crippen molar-refractivity contribution in [3.63, 3.8) is 0 Å². The van der Waals surface area contributed by atoms with Gasteiger partial charge in [0.1, 0.15) is 10.3 Å². The van der Waals surface area contributed by atoms with E-state index in [0.29, 0.717) is 15.7 Å². The number of carbonyl (C=O) groups is 3. The minimum atomic E-state index is -1.03. The molecule has 7 nitrogen and oxygen atoms in total. The summed E-state index contributed by atoms with van der Waals surface area (Å²) in [7, 11) is 0. The fourth-order valence-electron chi connectivity index (χ4n) is 2.89. The first-order valence-electron chi connectivity index (χ1n) is 8.09. The van der Waals surface area contributed by atoms with Crippen LogP contribution in [0.5, 0.6) is 0 Å². The van der Waals surface area contributed by atoms with Crippen molar-refractivity contribution in [2.24, 2.45) is 4.99 Å². The lowest BCUT2D eigenvalue weighted by molar-refractivity contribution is -0.138. The number of fused-ring (bicyclic) bond motifs is 1. The van der Waals surface area contributed by atoms with E-state index in [2.05, 4.69) is 10.3 Å². The number of carboxylic acids is 1. The first-order chi connectivity index (χ1) is 12.0. The number of thiophene rings is 1. The van der Waals surface area contributed by atoms with Gasteiger partial charge < -0.3 is 15.2 Å².